The Morgan fingerprint density at radius 1 is 1.09 bits per heavy atom. The Morgan fingerprint density at radius 2 is 1.64 bits per heavy atom. The number of sulfone groups is 1. The Bertz CT molecular complexity index is 758. The van der Waals surface area contributed by atoms with Crippen molar-refractivity contribution < 1.29 is 13.2 Å². The van der Waals surface area contributed by atoms with Gasteiger partial charge in [0.2, 0.25) is 6.41 Å². The molecule has 2 aromatic rings. The largest absolute Gasteiger partial charge is 0.318 e. The molecule has 2 rings (SSSR count). The predicted molar refractivity (Wildman–Crippen MR) is 86.5 cm³/mol. The van der Waals surface area contributed by atoms with E-state index in [2.05, 4.69) is 0 Å². The van der Waals surface area contributed by atoms with E-state index in [1.165, 1.54) is 17.0 Å². The zero-order valence-electron chi connectivity index (χ0n) is 11.8. The molecule has 1 amide bonds. The van der Waals surface area contributed by atoms with Crippen LogP contribution in [0.3, 0.4) is 0 Å². The second-order valence-corrected chi connectivity index (χ2v) is 7.23. The van der Waals surface area contributed by atoms with E-state index in [1.54, 1.807) is 43.4 Å². The van der Waals surface area contributed by atoms with Crippen molar-refractivity contribution >= 4 is 33.5 Å². The van der Waals surface area contributed by atoms with Gasteiger partial charge in [-0.2, -0.15) is 0 Å². The van der Waals surface area contributed by atoms with Gasteiger partial charge < -0.3 is 10.6 Å². The minimum atomic E-state index is -3.73. The van der Waals surface area contributed by atoms with Gasteiger partial charge in [-0.1, -0.05) is 23.7 Å². The lowest BCUT2D eigenvalue weighted by molar-refractivity contribution is -0.107. The van der Waals surface area contributed by atoms with Gasteiger partial charge in [-0.05, 0) is 42.0 Å². The molecular weight excluding hydrogens is 324 g/mol. The number of halogens is 1. The summed E-state index contributed by atoms with van der Waals surface area (Å²) in [7, 11) is -2.15. The lowest BCUT2D eigenvalue weighted by Gasteiger charge is -2.15. The average molecular weight is 339 g/mol. The molecule has 22 heavy (non-hydrogen) atoms. The molecule has 0 bridgehead atoms. The van der Waals surface area contributed by atoms with Crippen molar-refractivity contribution in [3.8, 4) is 0 Å². The van der Waals surface area contributed by atoms with E-state index >= 15 is 0 Å². The van der Waals surface area contributed by atoms with Gasteiger partial charge in [-0.3, -0.25) is 4.79 Å². The van der Waals surface area contributed by atoms with E-state index in [9.17, 15) is 13.2 Å². The molecule has 0 aliphatic heterocycles. The lowest BCUT2D eigenvalue weighted by Crippen LogP contribution is -2.22. The number of hydrogen-bond donors (Lipinski definition) is 1. The van der Waals surface area contributed by atoms with Crippen LogP contribution >= 0.6 is 11.6 Å². The maximum Gasteiger partial charge on any atom is 0.213 e. The molecule has 0 saturated heterocycles. The Labute approximate surface area is 134 Å². The zero-order valence-corrected chi connectivity index (χ0v) is 13.4. The monoisotopic (exact) mass is 338 g/mol. The Morgan fingerprint density at radius 3 is 2.14 bits per heavy atom. The summed E-state index contributed by atoms with van der Waals surface area (Å²) in [6.45, 7) is 0. The number of nitrogens with two attached hydrogens (primary N) is 1. The minimum Gasteiger partial charge on any atom is -0.318 e. The molecule has 2 N–H and O–H groups in total. The number of carbonyl (C=O) groups excluding carboxylic acids is 1. The maximum absolute atomic E-state index is 12.5. The van der Waals surface area contributed by atoms with Crippen LogP contribution in [0.4, 0.5) is 5.69 Å². The van der Waals surface area contributed by atoms with Crippen LogP contribution in [0.5, 0.6) is 0 Å². The molecule has 0 aliphatic rings. The molecule has 1 atom stereocenters. The van der Waals surface area contributed by atoms with E-state index < -0.39 is 15.2 Å². The summed E-state index contributed by atoms with van der Waals surface area (Å²) in [5.41, 5.74) is 6.93. The summed E-state index contributed by atoms with van der Waals surface area (Å²) in [6, 6.07) is 12.3. The molecule has 0 radical (unpaired) electrons. The second-order valence-electron chi connectivity index (χ2n) is 4.73. The number of nitrogens with zero attached hydrogens (tertiary/aromatic N) is 1. The highest BCUT2D eigenvalue weighted by Gasteiger charge is 2.25. The fraction of sp³-hybridized carbons (Fsp3) is 0.133. The Kier molecular flexibility index (Phi) is 4.85. The van der Waals surface area contributed by atoms with Crippen molar-refractivity contribution in [2.24, 2.45) is 5.73 Å². The summed E-state index contributed by atoms with van der Waals surface area (Å²) < 4.78 is 25.1. The smallest absolute Gasteiger partial charge is 0.213 e. The van der Waals surface area contributed by atoms with Gasteiger partial charge >= 0.3 is 0 Å². The van der Waals surface area contributed by atoms with Gasteiger partial charge in [-0.15, -0.1) is 0 Å². The first-order chi connectivity index (χ1) is 10.4. The van der Waals surface area contributed by atoms with E-state index in [4.69, 9.17) is 17.3 Å². The van der Waals surface area contributed by atoms with Crippen molar-refractivity contribution in [2.45, 2.75) is 10.3 Å². The van der Waals surface area contributed by atoms with Crippen molar-refractivity contribution in [2.75, 3.05) is 11.9 Å². The Hall–Kier alpha value is -1.89. The topological polar surface area (TPSA) is 80.5 Å². The van der Waals surface area contributed by atoms with Crippen LogP contribution in [0.15, 0.2) is 53.4 Å². The molecular formula is C15H15ClN2O3S. The van der Waals surface area contributed by atoms with E-state index in [0.29, 0.717) is 22.7 Å². The predicted octanol–water partition coefficient (Wildman–Crippen LogP) is 2.36. The van der Waals surface area contributed by atoms with E-state index in [1.807, 2.05) is 0 Å². The highest BCUT2D eigenvalue weighted by molar-refractivity contribution is 7.91. The number of carbonyl (C=O) groups is 1. The molecule has 0 saturated carbocycles. The van der Waals surface area contributed by atoms with Gasteiger partial charge in [0.1, 0.15) is 5.37 Å². The van der Waals surface area contributed by atoms with Crippen LogP contribution < -0.4 is 10.6 Å². The van der Waals surface area contributed by atoms with Crippen molar-refractivity contribution in [3.05, 3.63) is 59.1 Å². The van der Waals surface area contributed by atoms with Crippen molar-refractivity contribution in [1.82, 2.24) is 0 Å². The highest BCUT2D eigenvalue weighted by Crippen LogP contribution is 2.26. The van der Waals surface area contributed by atoms with Crippen LogP contribution in [-0.2, 0) is 14.6 Å². The molecule has 7 heteroatoms. The van der Waals surface area contributed by atoms with Gasteiger partial charge in [0.15, 0.2) is 9.84 Å². The van der Waals surface area contributed by atoms with Crippen LogP contribution in [-0.4, -0.2) is 21.9 Å². The van der Waals surface area contributed by atoms with Gasteiger partial charge in [0.05, 0.1) is 4.90 Å². The number of amides is 1. The summed E-state index contributed by atoms with van der Waals surface area (Å²) in [5.74, 6) is 0. The molecule has 0 fully saturated rings. The first-order valence-electron chi connectivity index (χ1n) is 6.39. The third-order valence-corrected chi connectivity index (χ3v) is 5.39. The van der Waals surface area contributed by atoms with Gasteiger partial charge in [0.25, 0.3) is 0 Å². The standard InChI is InChI=1S/C15H15ClN2O3S/c1-18(10-19)13-6-8-14(9-7-13)22(20,21)15(17)11-2-4-12(16)5-3-11/h2-10,15H,17H2,1H3. The molecule has 0 aromatic heterocycles. The van der Waals surface area contributed by atoms with Crippen LogP contribution in [0.2, 0.25) is 5.02 Å². The first kappa shape index (κ1) is 16.5. The average Bonchev–Trinajstić information content (AvgIpc) is 2.54. The summed E-state index contributed by atoms with van der Waals surface area (Å²) >= 11 is 5.79. The van der Waals surface area contributed by atoms with E-state index in [-0.39, 0.29) is 4.90 Å². The molecule has 0 spiro atoms. The minimum absolute atomic E-state index is 0.0954. The van der Waals surface area contributed by atoms with Gasteiger partial charge in [0, 0.05) is 17.8 Å². The molecule has 0 heterocycles. The molecule has 116 valence electrons. The van der Waals surface area contributed by atoms with Crippen LogP contribution in [0, 0.1) is 0 Å². The van der Waals surface area contributed by atoms with Gasteiger partial charge in [-0.25, -0.2) is 8.42 Å². The Balaban J connectivity index is 2.33. The summed E-state index contributed by atoms with van der Waals surface area (Å²) in [6.07, 6.45) is 0.642. The zero-order chi connectivity index (χ0) is 16.3. The third kappa shape index (κ3) is 3.30. The normalized spacial score (nSPS) is 12.7. The molecule has 0 aliphatic carbocycles. The molecule has 2 aromatic carbocycles. The first-order valence-corrected chi connectivity index (χ1v) is 8.32. The maximum atomic E-state index is 12.5. The third-order valence-electron chi connectivity index (χ3n) is 3.26. The fourth-order valence-corrected chi connectivity index (χ4v) is 3.36. The number of rotatable bonds is 5. The van der Waals surface area contributed by atoms with Crippen LogP contribution in [0.1, 0.15) is 10.9 Å². The van der Waals surface area contributed by atoms with Crippen molar-refractivity contribution in [3.63, 3.8) is 0 Å². The van der Waals surface area contributed by atoms with Crippen molar-refractivity contribution in [1.29, 1.82) is 0 Å². The number of hydrogen-bond acceptors (Lipinski definition) is 4. The van der Waals surface area contributed by atoms with Crippen LogP contribution in [0.25, 0.3) is 0 Å². The molecule has 1 unspecified atom stereocenters. The quantitative estimate of drug-likeness (QED) is 0.849. The van der Waals surface area contributed by atoms with E-state index in [0.717, 1.165) is 0 Å². The fourth-order valence-electron chi connectivity index (χ4n) is 1.91. The number of anilines is 1. The summed E-state index contributed by atoms with van der Waals surface area (Å²) in [4.78, 5) is 12.1. The highest BCUT2D eigenvalue weighted by atomic mass is 35.5. The molecule has 5 nitrogen and oxygen atoms in total. The summed E-state index contributed by atoms with van der Waals surface area (Å²) in [5, 5.41) is -0.672. The second kappa shape index (κ2) is 6.48. The number of benzene rings is 2. The lowest BCUT2D eigenvalue weighted by atomic mass is 10.2. The SMILES string of the molecule is CN(C=O)c1ccc(S(=O)(=O)C(N)c2ccc(Cl)cc2)cc1.